The van der Waals surface area contributed by atoms with Gasteiger partial charge in [0.25, 0.3) is 0 Å². The van der Waals surface area contributed by atoms with Crippen LogP contribution >= 0.6 is 15.9 Å². The van der Waals surface area contributed by atoms with Gasteiger partial charge >= 0.3 is 0 Å². The number of halogens is 2. The fourth-order valence-electron chi connectivity index (χ4n) is 2.55. The first-order chi connectivity index (χ1) is 9.54. The first kappa shape index (κ1) is 13.6. The minimum absolute atomic E-state index is 0.0674. The van der Waals surface area contributed by atoms with Crippen LogP contribution in [0.25, 0.3) is 0 Å². The van der Waals surface area contributed by atoms with Crippen molar-refractivity contribution in [2.24, 2.45) is 5.73 Å². The molecule has 0 amide bonds. The lowest BCUT2D eigenvalue weighted by atomic mass is 9.93. The third kappa shape index (κ3) is 2.45. The van der Waals surface area contributed by atoms with E-state index in [0.717, 1.165) is 21.3 Å². The second kappa shape index (κ2) is 5.19. The van der Waals surface area contributed by atoms with Crippen molar-refractivity contribution >= 4 is 15.9 Å². The predicted octanol–water partition coefficient (Wildman–Crippen LogP) is 4.42. The molecule has 1 aliphatic rings. The van der Waals surface area contributed by atoms with Crippen molar-refractivity contribution in [2.75, 3.05) is 0 Å². The Morgan fingerprint density at radius 1 is 1.25 bits per heavy atom. The van der Waals surface area contributed by atoms with Crippen LogP contribution in [0.2, 0.25) is 0 Å². The Balaban J connectivity index is 1.96. The van der Waals surface area contributed by atoms with Crippen molar-refractivity contribution in [3.05, 3.63) is 63.4 Å². The van der Waals surface area contributed by atoms with Crippen LogP contribution in [0.5, 0.6) is 5.75 Å². The van der Waals surface area contributed by atoms with Crippen LogP contribution in [0, 0.1) is 12.7 Å². The van der Waals surface area contributed by atoms with Gasteiger partial charge in [-0.1, -0.05) is 28.1 Å². The van der Waals surface area contributed by atoms with Gasteiger partial charge in [-0.15, -0.1) is 0 Å². The Labute approximate surface area is 125 Å². The maximum absolute atomic E-state index is 13.4. The molecule has 20 heavy (non-hydrogen) atoms. The molecule has 3 rings (SSSR count). The highest BCUT2D eigenvalue weighted by atomic mass is 79.9. The van der Waals surface area contributed by atoms with Crippen molar-refractivity contribution in [3.8, 4) is 5.75 Å². The van der Waals surface area contributed by atoms with Crippen LogP contribution in [-0.2, 0) is 0 Å². The van der Waals surface area contributed by atoms with Gasteiger partial charge in [0, 0.05) is 22.5 Å². The smallest absolute Gasteiger partial charge is 0.126 e. The molecule has 0 bridgehead atoms. The second-order valence-corrected chi connectivity index (χ2v) is 6.06. The van der Waals surface area contributed by atoms with Gasteiger partial charge < -0.3 is 10.5 Å². The van der Waals surface area contributed by atoms with E-state index in [1.807, 2.05) is 24.3 Å². The van der Waals surface area contributed by atoms with Gasteiger partial charge in [-0.25, -0.2) is 4.39 Å². The molecule has 2 N–H and O–H groups in total. The van der Waals surface area contributed by atoms with Gasteiger partial charge in [0.15, 0.2) is 0 Å². The van der Waals surface area contributed by atoms with Gasteiger partial charge in [0.05, 0.1) is 0 Å². The third-order valence-electron chi connectivity index (χ3n) is 3.67. The first-order valence-electron chi connectivity index (χ1n) is 6.52. The number of nitrogens with two attached hydrogens (primary N) is 1. The van der Waals surface area contributed by atoms with Gasteiger partial charge in [-0.3, -0.25) is 0 Å². The molecular formula is C16H15BrFNO. The molecule has 2 aromatic rings. The molecule has 0 saturated carbocycles. The number of rotatable bonds is 1. The van der Waals surface area contributed by atoms with Crippen LogP contribution in [-0.4, -0.2) is 0 Å². The quantitative estimate of drug-likeness (QED) is 0.837. The molecule has 0 saturated heterocycles. The maximum atomic E-state index is 13.4. The summed E-state index contributed by atoms with van der Waals surface area (Å²) < 4.78 is 20.4. The number of hydrogen-bond acceptors (Lipinski definition) is 2. The maximum Gasteiger partial charge on any atom is 0.126 e. The Kier molecular flexibility index (Phi) is 3.52. The first-order valence-corrected chi connectivity index (χ1v) is 7.31. The monoisotopic (exact) mass is 335 g/mol. The summed E-state index contributed by atoms with van der Waals surface area (Å²) in [5.74, 6) is 0.599. The van der Waals surface area contributed by atoms with E-state index in [1.54, 1.807) is 13.0 Å². The van der Waals surface area contributed by atoms with Crippen LogP contribution in [0.3, 0.4) is 0 Å². The predicted molar refractivity (Wildman–Crippen MR) is 80.2 cm³/mol. The van der Waals surface area contributed by atoms with Crippen LogP contribution in [0.15, 0.2) is 40.9 Å². The number of benzene rings is 2. The zero-order valence-corrected chi connectivity index (χ0v) is 12.7. The lowest BCUT2D eigenvalue weighted by molar-refractivity contribution is 0.161. The molecule has 0 fully saturated rings. The van der Waals surface area contributed by atoms with E-state index in [0.29, 0.717) is 12.0 Å². The van der Waals surface area contributed by atoms with Crippen molar-refractivity contribution in [1.82, 2.24) is 0 Å². The molecule has 0 spiro atoms. The van der Waals surface area contributed by atoms with Gasteiger partial charge in [-0.2, -0.15) is 0 Å². The van der Waals surface area contributed by atoms with E-state index in [1.165, 1.54) is 6.07 Å². The zero-order valence-electron chi connectivity index (χ0n) is 11.1. The lowest BCUT2D eigenvalue weighted by Gasteiger charge is -2.31. The summed E-state index contributed by atoms with van der Waals surface area (Å²) >= 11 is 3.44. The van der Waals surface area contributed by atoms with Gasteiger partial charge in [0.1, 0.15) is 17.7 Å². The molecular weight excluding hydrogens is 321 g/mol. The topological polar surface area (TPSA) is 35.2 Å². The molecule has 2 nitrogen and oxygen atoms in total. The summed E-state index contributed by atoms with van der Waals surface area (Å²) in [5.41, 5.74) is 8.83. The van der Waals surface area contributed by atoms with Crippen LogP contribution in [0.4, 0.5) is 4.39 Å². The number of fused-ring (bicyclic) bond motifs is 1. The molecule has 4 heteroatoms. The van der Waals surface area contributed by atoms with E-state index >= 15 is 0 Å². The molecule has 1 aliphatic heterocycles. The van der Waals surface area contributed by atoms with E-state index in [-0.39, 0.29) is 18.0 Å². The second-order valence-electron chi connectivity index (χ2n) is 5.14. The highest BCUT2D eigenvalue weighted by Gasteiger charge is 2.27. The Hall–Kier alpha value is -1.39. The highest BCUT2D eigenvalue weighted by molar-refractivity contribution is 9.10. The minimum atomic E-state index is -0.197. The van der Waals surface area contributed by atoms with Gasteiger partial charge in [-0.05, 0) is 42.3 Å². The summed E-state index contributed by atoms with van der Waals surface area (Å²) in [5, 5.41) is 0. The fourth-order valence-corrected chi connectivity index (χ4v) is 2.89. The summed E-state index contributed by atoms with van der Waals surface area (Å²) in [6, 6.07) is 10.9. The van der Waals surface area contributed by atoms with Crippen LogP contribution < -0.4 is 10.5 Å². The molecule has 1 heterocycles. The van der Waals surface area contributed by atoms with Crippen molar-refractivity contribution in [3.63, 3.8) is 0 Å². The molecule has 2 atom stereocenters. The van der Waals surface area contributed by atoms with Crippen molar-refractivity contribution in [1.29, 1.82) is 0 Å². The van der Waals surface area contributed by atoms with E-state index in [9.17, 15) is 4.39 Å². The average molecular weight is 336 g/mol. The standard InChI is InChI=1S/C16H15BrFNO/c1-9-6-10(2-5-13(9)18)15-8-14(19)12-4-3-11(17)7-16(12)20-15/h2-7,14-15H,8,19H2,1H3. The number of aryl methyl sites for hydroxylation is 1. The molecule has 0 aliphatic carbocycles. The van der Waals surface area contributed by atoms with E-state index in [4.69, 9.17) is 10.5 Å². The average Bonchev–Trinajstić information content (AvgIpc) is 2.41. The minimum Gasteiger partial charge on any atom is -0.485 e. The normalized spacial score (nSPS) is 21.2. The Morgan fingerprint density at radius 3 is 2.80 bits per heavy atom. The third-order valence-corrected chi connectivity index (χ3v) is 4.16. The largest absolute Gasteiger partial charge is 0.485 e. The summed E-state index contributed by atoms with van der Waals surface area (Å²) in [4.78, 5) is 0. The Bertz CT molecular complexity index is 659. The molecule has 0 aromatic heterocycles. The number of ether oxygens (including phenoxy) is 1. The SMILES string of the molecule is Cc1cc(C2CC(N)c3ccc(Br)cc3O2)ccc1F. The molecule has 0 radical (unpaired) electrons. The highest BCUT2D eigenvalue weighted by Crippen LogP contribution is 2.41. The summed E-state index contributed by atoms with van der Waals surface area (Å²) in [6.45, 7) is 1.76. The van der Waals surface area contributed by atoms with Crippen molar-refractivity contribution in [2.45, 2.75) is 25.5 Å². The van der Waals surface area contributed by atoms with E-state index < -0.39 is 0 Å². The number of hydrogen-bond donors (Lipinski definition) is 1. The lowest BCUT2D eigenvalue weighted by Crippen LogP contribution is -2.24. The Morgan fingerprint density at radius 2 is 2.05 bits per heavy atom. The van der Waals surface area contributed by atoms with Gasteiger partial charge in [0.2, 0.25) is 0 Å². The molecule has 2 aromatic carbocycles. The van der Waals surface area contributed by atoms with E-state index in [2.05, 4.69) is 15.9 Å². The fraction of sp³-hybridized carbons (Fsp3) is 0.250. The summed E-state index contributed by atoms with van der Waals surface area (Å²) in [6.07, 6.45) is 0.561. The summed E-state index contributed by atoms with van der Waals surface area (Å²) in [7, 11) is 0. The molecule has 104 valence electrons. The van der Waals surface area contributed by atoms with Crippen molar-refractivity contribution < 1.29 is 9.13 Å². The van der Waals surface area contributed by atoms with Crippen LogP contribution in [0.1, 0.15) is 35.3 Å². The molecule has 2 unspecified atom stereocenters. The zero-order chi connectivity index (χ0) is 14.3.